The quantitative estimate of drug-likeness (QED) is 0.753. The molecule has 1 aliphatic rings. The van der Waals surface area contributed by atoms with Crippen molar-refractivity contribution in [2.75, 3.05) is 7.05 Å². The van der Waals surface area contributed by atoms with Gasteiger partial charge >= 0.3 is 6.03 Å². The molecule has 0 saturated heterocycles. The van der Waals surface area contributed by atoms with E-state index in [1.54, 1.807) is 24.6 Å². The molecule has 0 bridgehead atoms. The Hall–Kier alpha value is -2.37. The molecule has 1 aromatic carbocycles. The van der Waals surface area contributed by atoms with Crippen LogP contribution in [0.15, 0.2) is 18.3 Å². The predicted octanol–water partition coefficient (Wildman–Crippen LogP) is 0.682. The molecule has 97 valence electrons. The van der Waals surface area contributed by atoms with Gasteiger partial charge in [-0.05, 0) is 23.6 Å². The number of aromatic nitrogens is 2. The lowest BCUT2D eigenvalue weighted by molar-refractivity contribution is -0.126. The maximum Gasteiger partial charge on any atom is 0.340 e. The number of rotatable bonds is 0. The van der Waals surface area contributed by atoms with Gasteiger partial charge in [-0.2, -0.15) is 9.78 Å². The van der Waals surface area contributed by atoms with Gasteiger partial charge in [0.1, 0.15) is 0 Å². The number of primary amides is 1. The van der Waals surface area contributed by atoms with Crippen molar-refractivity contribution in [2.45, 2.75) is 13.0 Å². The molecule has 0 saturated carbocycles. The molecule has 0 aliphatic carbocycles. The summed E-state index contributed by atoms with van der Waals surface area (Å²) in [6.45, 7) is 0.506. The molecule has 2 N–H and O–H groups in total. The van der Waals surface area contributed by atoms with Crippen LogP contribution in [0.4, 0.5) is 4.79 Å². The van der Waals surface area contributed by atoms with Gasteiger partial charge in [-0.25, -0.2) is 4.79 Å². The lowest BCUT2D eigenvalue weighted by Gasteiger charge is -2.14. The molecule has 2 heterocycles. The summed E-state index contributed by atoms with van der Waals surface area (Å²) in [7, 11) is 1.76. The minimum Gasteiger partial charge on any atom is -0.350 e. The zero-order valence-corrected chi connectivity index (χ0v) is 10.5. The van der Waals surface area contributed by atoms with E-state index in [1.807, 2.05) is 12.1 Å². The van der Waals surface area contributed by atoms with Crippen LogP contribution in [-0.4, -0.2) is 33.7 Å². The number of nitrogens with zero attached hydrogens (tertiary/aromatic N) is 3. The van der Waals surface area contributed by atoms with Crippen molar-refractivity contribution in [3.05, 3.63) is 35.9 Å². The molecule has 3 rings (SSSR count). The Morgan fingerprint density at radius 3 is 2.95 bits per heavy atom. The third-order valence-electron chi connectivity index (χ3n) is 3.44. The number of hydrogen-bond donors (Lipinski definition) is 1. The number of carbonyl (C=O) groups is 2. The molecule has 1 aromatic heterocycles. The second-order valence-electron chi connectivity index (χ2n) is 4.63. The Bertz CT molecular complexity index is 689. The van der Waals surface area contributed by atoms with E-state index in [0.717, 1.165) is 16.5 Å². The molecule has 1 radical (unpaired) electrons. The fourth-order valence-electron chi connectivity index (χ4n) is 2.43. The summed E-state index contributed by atoms with van der Waals surface area (Å²) in [5, 5.41) is 4.87. The number of benzene rings is 1. The van der Waals surface area contributed by atoms with Crippen molar-refractivity contribution in [3.8, 4) is 0 Å². The van der Waals surface area contributed by atoms with Crippen LogP contribution in [0.2, 0.25) is 0 Å². The van der Waals surface area contributed by atoms with Crippen molar-refractivity contribution >= 4 is 22.8 Å². The van der Waals surface area contributed by atoms with Gasteiger partial charge in [0.2, 0.25) is 5.91 Å². The van der Waals surface area contributed by atoms with E-state index < -0.39 is 6.03 Å². The fraction of sp³-hybridized carbons (Fsp3) is 0.231. The molecule has 0 spiro atoms. The van der Waals surface area contributed by atoms with E-state index in [2.05, 4.69) is 5.10 Å². The smallest absolute Gasteiger partial charge is 0.340 e. The summed E-state index contributed by atoms with van der Waals surface area (Å²) in [6, 6.07) is 3.12. The predicted molar refractivity (Wildman–Crippen MR) is 69.2 cm³/mol. The molecule has 6 nitrogen and oxygen atoms in total. The highest BCUT2D eigenvalue weighted by Gasteiger charge is 2.21. The average molecular weight is 257 g/mol. The monoisotopic (exact) mass is 257 g/mol. The highest BCUT2D eigenvalue weighted by Crippen LogP contribution is 2.26. The van der Waals surface area contributed by atoms with Crippen LogP contribution in [0.1, 0.15) is 11.1 Å². The first-order chi connectivity index (χ1) is 9.08. The number of hydrogen-bond acceptors (Lipinski definition) is 3. The highest BCUT2D eigenvalue weighted by atomic mass is 16.2. The average Bonchev–Trinajstić information content (AvgIpc) is 2.75. The Kier molecular flexibility index (Phi) is 2.51. The Morgan fingerprint density at radius 1 is 1.42 bits per heavy atom. The lowest BCUT2D eigenvalue weighted by Crippen LogP contribution is -2.24. The third kappa shape index (κ3) is 1.76. The van der Waals surface area contributed by atoms with E-state index in [-0.39, 0.29) is 5.91 Å². The van der Waals surface area contributed by atoms with Crippen LogP contribution < -0.4 is 5.73 Å². The third-order valence-corrected chi connectivity index (χ3v) is 3.44. The summed E-state index contributed by atoms with van der Waals surface area (Å²) in [4.78, 5) is 24.6. The first kappa shape index (κ1) is 11.7. The largest absolute Gasteiger partial charge is 0.350 e. The van der Waals surface area contributed by atoms with Crippen LogP contribution in [0.3, 0.4) is 0 Å². The lowest BCUT2D eigenvalue weighted by atomic mass is 10.0. The highest BCUT2D eigenvalue weighted by molar-refractivity contribution is 5.93. The fourth-order valence-corrected chi connectivity index (χ4v) is 2.43. The van der Waals surface area contributed by atoms with E-state index >= 15 is 0 Å². The second-order valence-corrected chi connectivity index (χ2v) is 4.63. The molecule has 0 unspecified atom stereocenters. The van der Waals surface area contributed by atoms with Crippen molar-refractivity contribution in [3.63, 3.8) is 0 Å². The molecule has 2 amide bonds. The van der Waals surface area contributed by atoms with Crippen LogP contribution in [0, 0.1) is 6.42 Å². The van der Waals surface area contributed by atoms with E-state index in [0.29, 0.717) is 18.5 Å². The van der Waals surface area contributed by atoms with E-state index in [1.165, 1.54) is 4.68 Å². The van der Waals surface area contributed by atoms with Gasteiger partial charge in [0.05, 0.1) is 18.1 Å². The van der Waals surface area contributed by atoms with Crippen LogP contribution in [0.25, 0.3) is 10.9 Å². The zero-order valence-electron chi connectivity index (χ0n) is 10.5. The van der Waals surface area contributed by atoms with Crippen LogP contribution >= 0.6 is 0 Å². The second kappa shape index (κ2) is 4.08. The Balaban J connectivity index is 2.21. The molecular weight excluding hydrogens is 244 g/mol. The molecular formula is C13H13N4O2. The van der Waals surface area contributed by atoms with Gasteiger partial charge in [-0.15, -0.1) is 0 Å². The van der Waals surface area contributed by atoms with Crippen molar-refractivity contribution in [1.29, 1.82) is 0 Å². The van der Waals surface area contributed by atoms with Gasteiger partial charge in [0, 0.05) is 19.0 Å². The van der Waals surface area contributed by atoms with Gasteiger partial charge in [0.25, 0.3) is 0 Å². The SMILES string of the molecule is CN1Cc2c(ccc3c2cnn3C(N)=O)C[CH]C1=O. The summed E-state index contributed by atoms with van der Waals surface area (Å²) in [5.74, 6) is 0.00615. The molecule has 19 heavy (non-hydrogen) atoms. The standard InChI is InChI=1S/C13H13N4O2/c1-16-7-10-8(3-5-12(16)18)2-4-11-9(10)6-15-17(11)13(14)19/h2,4-6H,3,7H2,1H3,(H2,14,19). The maximum atomic E-state index is 11.7. The van der Waals surface area contributed by atoms with E-state index in [4.69, 9.17) is 5.73 Å². The van der Waals surface area contributed by atoms with Gasteiger partial charge in [0.15, 0.2) is 0 Å². The Labute approximate surface area is 109 Å². The van der Waals surface area contributed by atoms with Gasteiger partial charge in [-0.3, -0.25) is 4.79 Å². The topological polar surface area (TPSA) is 81.2 Å². The van der Waals surface area contributed by atoms with Crippen molar-refractivity contribution < 1.29 is 9.59 Å². The first-order valence-corrected chi connectivity index (χ1v) is 5.94. The van der Waals surface area contributed by atoms with Crippen LogP contribution in [0.5, 0.6) is 0 Å². The maximum absolute atomic E-state index is 11.7. The van der Waals surface area contributed by atoms with Crippen molar-refractivity contribution in [1.82, 2.24) is 14.7 Å². The molecule has 6 heteroatoms. The van der Waals surface area contributed by atoms with Gasteiger partial charge < -0.3 is 10.6 Å². The summed E-state index contributed by atoms with van der Waals surface area (Å²) < 4.78 is 1.17. The molecule has 0 atom stereocenters. The minimum atomic E-state index is -0.612. The number of nitrogens with two attached hydrogens (primary N) is 1. The Morgan fingerprint density at radius 2 is 2.21 bits per heavy atom. The van der Waals surface area contributed by atoms with E-state index in [9.17, 15) is 9.59 Å². The summed E-state index contributed by atoms with van der Waals surface area (Å²) >= 11 is 0. The van der Waals surface area contributed by atoms with Gasteiger partial charge in [-0.1, -0.05) is 6.07 Å². The number of amides is 2. The molecule has 0 fully saturated rings. The van der Waals surface area contributed by atoms with Crippen molar-refractivity contribution in [2.24, 2.45) is 5.73 Å². The minimum absolute atomic E-state index is 0.00615. The molecule has 1 aliphatic heterocycles. The normalized spacial score (nSPS) is 15.4. The number of fused-ring (bicyclic) bond motifs is 3. The van der Waals surface area contributed by atoms with Crippen LogP contribution in [-0.2, 0) is 17.8 Å². The molecule has 2 aromatic rings. The first-order valence-electron chi connectivity index (χ1n) is 5.94. The summed E-state index contributed by atoms with van der Waals surface area (Å²) in [5.41, 5.74) is 8.05. The zero-order chi connectivity index (χ0) is 13.6. The summed E-state index contributed by atoms with van der Waals surface area (Å²) in [6.07, 6.45) is 3.88. The number of carbonyl (C=O) groups excluding carboxylic acids is 2.